The van der Waals surface area contributed by atoms with Crippen LogP contribution in [0.5, 0.6) is 0 Å². The van der Waals surface area contributed by atoms with E-state index in [1.54, 1.807) is 44.1 Å². The molecule has 0 aliphatic carbocycles. The summed E-state index contributed by atoms with van der Waals surface area (Å²) in [5.41, 5.74) is 1.75. The first-order chi connectivity index (χ1) is 12.1. The highest BCUT2D eigenvalue weighted by atomic mass is 32.2. The third-order valence-corrected chi connectivity index (χ3v) is 4.91. The van der Waals surface area contributed by atoms with Crippen LogP contribution in [0, 0.1) is 12.8 Å². The van der Waals surface area contributed by atoms with Gasteiger partial charge in [0.05, 0.1) is 11.9 Å². The first-order valence-electron chi connectivity index (χ1n) is 8.42. The van der Waals surface area contributed by atoms with Crippen molar-refractivity contribution in [3.63, 3.8) is 0 Å². The maximum Gasteiger partial charge on any atom is 0.319 e. The number of aryl methyl sites for hydroxylation is 1. The number of piperidine rings is 1. The molecule has 1 aliphatic heterocycles. The van der Waals surface area contributed by atoms with Crippen LogP contribution in [0.15, 0.2) is 18.2 Å². The first-order valence-corrected chi connectivity index (χ1v) is 10.3. The number of anilines is 2. The van der Waals surface area contributed by atoms with Crippen LogP contribution in [-0.4, -0.2) is 63.6 Å². The molecule has 1 saturated heterocycles. The van der Waals surface area contributed by atoms with E-state index >= 15 is 0 Å². The summed E-state index contributed by atoms with van der Waals surface area (Å²) in [6.07, 6.45) is 2.29. The molecule has 1 heterocycles. The average molecular weight is 382 g/mol. The third-order valence-electron chi connectivity index (χ3n) is 4.32. The molecule has 2 rings (SSSR count). The number of hydrogen-bond donors (Lipinski definition) is 2. The Hall–Kier alpha value is -2.29. The maximum atomic E-state index is 12.5. The molecule has 0 saturated carbocycles. The Morgan fingerprint density at radius 3 is 2.35 bits per heavy atom. The number of rotatable bonds is 4. The van der Waals surface area contributed by atoms with E-state index in [2.05, 4.69) is 10.0 Å². The Morgan fingerprint density at radius 2 is 1.81 bits per heavy atom. The highest BCUT2D eigenvalue weighted by Gasteiger charge is 2.28. The van der Waals surface area contributed by atoms with Gasteiger partial charge in [-0.15, -0.1) is 0 Å². The van der Waals surface area contributed by atoms with Crippen molar-refractivity contribution < 1.29 is 18.0 Å². The second-order valence-electron chi connectivity index (χ2n) is 6.83. The lowest BCUT2D eigenvalue weighted by molar-refractivity contribution is -0.121. The second-order valence-corrected chi connectivity index (χ2v) is 8.58. The van der Waals surface area contributed by atoms with Crippen LogP contribution in [-0.2, 0) is 14.8 Å². The number of amides is 3. The van der Waals surface area contributed by atoms with Crippen molar-refractivity contribution in [2.24, 2.45) is 5.92 Å². The molecule has 3 amide bonds. The highest BCUT2D eigenvalue weighted by Crippen LogP contribution is 2.24. The van der Waals surface area contributed by atoms with Crippen molar-refractivity contribution >= 4 is 33.3 Å². The molecule has 1 aliphatic rings. The Morgan fingerprint density at radius 1 is 1.19 bits per heavy atom. The minimum Gasteiger partial charge on any atom is -0.331 e. The van der Waals surface area contributed by atoms with Crippen LogP contribution in [0.1, 0.15) is 18.4 Å². The molecule has 2 N–H and O–H groups in total. The molecule has 1 aromatic carbocycles. The van der Waals surface area contributed by atoms with E-state index in [0.717, 1.165) is 11.8 Å². The summed E-state index contributed by atoms with van der Waals surface area (Å²) >= 11 is 0. The summed E-state index contributed by atoms with van der Waals surface area (Å²) in [5.74, 6) is -0.287. The fourth-order valence-corrected chi connectivity index (χ4v) is 3.49. The van der Waals surface area contributed by atoms with Crippen LogP contribution in [0.2, 0.25) is 0 Å². The van der Waals surface area contributed by atoms with E-state index in [-0.39, 0.29) is 17.9 Å². The van der Waals surface area contributed by atoms with Crippen LogP contribution >= 0.6 is 0 Å². The Kier molecular flexibility index (Phi) is 6.12. The SMILES string of the molecule is Cc1ccc(NC(=O)C2CCN(C(=O)N(C)C)CC2)cc1NS(C)(=O)=O. The quantitative estimate of drug-likeness (QED) is 0.828. The van der Waals surface area contributed by atoms with Gasteiger partial charge in [0.25, 0.3) is 0 Å². The van der Waals surface area contributed by atoms with Gasteiger partial charge in [-0.1, -0.05) is 6.07 Å². The smallest absolute Gasteiger partial charge is 0.319 e. The summed E-state index contributed by atoms with van der Waals surface area (Å²) in [6, 6.07) is 5.06. The summed E-state index contributed by atoms with van der Waals surface area (Å²) in [6.45, 7) is 2.88. The fraction of sp³-hybridized carbons (Fsp3) is 0.529. The molecular formula is C17H26N4O4S. The highest BCUT2D eigenvalue weighted by molar-refractivity contribution is 7.92. The standard InChI is InChI=1S/C17H26N4O4S/c1-12-5-6-14(11-15(12)19-26(4,24)25)18-16(22)13-7-9-21(10-8-13)17(23)20(2)3/h5-6,11,13,19H,7-10H2,1-4H3,(H,18,22). The molecule has 144 valence electrons. The van der Waals surface area contributed by atoms with Gasteiger partial charge in [-0.25, -0.2) is 13.2 Å². The molecular weight excluding hydrogens is 356 g/mol. The molecule has 0 bridgehead atoms. The maximum absolute atomic E-state index is 12.5. The number of nitrogens with zero attached hydrogens (tertiary/aromatic N) is 2. The van der Waals surface area contributed by atoms with Crippen LogP contribution in [0.4, 0.5) is 16.2 Å². The molecule has 0 unspecified atom stereocenters. The number of benzene rings is 1. The Balaban J connectivity index is 1.98. The molecule has 0 radical (unpaired) electrons. The van der Waals surface area contributed by atoms with E-state index < -0.39 is 10.0 Å². The van der Waals surface area contributed by atoms with E-state index in [1.807, 2.05) is 0 Å². The predicted octanol–water partition coefficient (Wildman–Crippen LogP) is 1.70. The molecule has 0 aromatic heterocycles. The zero-order chi connectivity index (χ0) is 19.5. The van der Waals surface area contributed by atoms with Gasteiger partial charge in [0.1, 0.15) is 0 Å². The number of sulfonamides is 1. The van der Waals surface area contributed by atoms with Gasteiger partial charge in [0.2, 0.25) is 15.9 Å². The van der Waals surface area contributed by atoms with Crippen LogP contribution in [0.3, 0.4) is 0 Å². The van der Waals surface area contributed by atoms with Crippen molar-refractivity contribution in [3.8, 4) is 0 Å². The number of nitrogens with one attached hydrogen (secondary N) is 2. The van der Waals surface area contributed by atoms with Crippen molar-refractivity contribution in [1.29, 1.82) is 0 Å². The molecule has 9 heteroatoms. The van der Waals surface area contributed by atoms with E-state index in [0.29, 0.717) is 37.3 Å². The van der Waals surface area contributed by atoms with Gasteiger partial charge >= 0.3 is 6.03 Å². The lowest BCUT2D eigenvalue weighted by Gasteiger charge is -2.33. The van der Waals surface area contributed by atoms with Gasteiger partial charge in [0.15, 0.2) is 0 Å². The molecule has 8 nitrogen and oxygen atoms in total. The Labute approximate surface area is 154 Å². The average Bonchev–Trinajstić information content (AvgIpc) is 2.56. The summed E-state index contributed by atoms with van der Waals surface area (Å²) in [5, 5.41) is 2.84. The summed E-state index contributed by atoms with van der Waals surface area (Å²) in [7, 11) is 0.0271. The molecule has 1 aromatic rings. The molecule has 26 heavy (non-hydrogen) atoms. The zero-order valence-electron chi connectivity index (χ0n) is 15.6. The van der Waals surface area contributed by atoms with Crippen molar-refractivity contribution in [1.82, 2.24) is 9.80 Å². The lowest BCUT2D eigenvalue weighted by atomic mass is 9.96. The predicted molar refractivity (Wildman–Crippen MR) is 102 cm³/mol. The number of hydrogen-bond acceptors (Lipinski definition) is 4. The Bertz CT molecular complexity index is 784. The summed E-state index contributed by atoms with van der Waals surface area (Å²) < 4.78 is 25.3. The first kappa shape index (κ1) is 20.0. The monoisotopic (exact) mass is 382 g/mol. The third kappa shape index (κ3) is 5.35. The number of likely N-dealkylation sites (tertiary alicyclic amines) is 1. The normalized spacial score (nSPS) is 15.5. The van der Waals surface area contributed by atoms with Gasteiger partial charge in [0, 0.05) is 38.8 Å². The number of carbonyl (C=O) groups is 2. The second kappa shape index (κ2) is 7.94. The summed E-state index contributed by atoms with van der Waals surface area (Å²) in [4.78, 5) is 27.7. The molecule has 1 fully saturated rings. The van der Waals surface area contributed by atoms with Crippen LogP contribution < -0.4 is 10.0 Å². The largest absolute Gasteiger partial charge is 0.331 e. The van der Waals surface area contributed by atoms with Crippen molar-refractivity contribution in [2.45, 2.75) is 19.8 Å². The van der Waals surface area contributed by atoms with Gasteiger partial charge < -0.3 is 15.1 Å². The molecule has 0 atom stereocenters. The van der Waals surface area contributed by atoms with Gasteiger partial charge in [-0.2, -0.15) is 0 Å². The van der Waals surface area contributed by atoms with Crippen molar-refractivity contribution in [3.05, 3.63) is 23.8 Å². The molecule has 0 spiro atoms. The topological polar surface area (TPSA) is 98.8 Å². The van der Waals surface area contributed by atoms with Crippen molar-refractivity contribution in [2.75, 3.05) is 43.5 Å². The van der Waals surface area contributed by atoms with E-state index in [1.165, 1.54) is 4.90 Å². The van der Waals surface area contributed by atoms with Gasteiger partial charge in [-0.05, 0) is 37.5 Å². The minimum atomic E-state index is -3.39. The van der Waals surface area contributed by atoms with Gasteiger partial charge in [-0.3, -0.25) is 9.52 Å². The fourth-order valence-electron chi connectivity index (χ4n) is 2.87. The zero-order valence-corrected chi connectivity index (χ0v) is 16.4. The number of urea groups is 1. The minimum absolute atomic E-state index is 0.0427. The van der Waals surface area contributed by atoms with Crippen LogP contribution in [0.25, 0.3) is 0 Å². The van der Waals surface area contributed by atoms with E-state index in [4.69, 9.17) is 0 Å². The lowest BCUT2D eigenvalue weighted by Crippen LogP contribution is -2.45. The van der Waals surface area contributed by atoms with E-state index in [9.17, 15) is 18.0 Å². The number of carbonyl (C=O) groups excluding carboxylic acids is 2.